The third kappa shape index (κ3) is 3.46. The zero-order valence-electron chi connectivity index (χ0n) is 12.1. The summed E-state index contributed by atoms with van der Waals surface area (Å²) in [6.45, 7) is 19.1. The predicted molar refractivity (Wildman–Crippen MR) is 71.8 cm³/mol. The molecule has 0 aliphatic carbocycles. The lowest BCUT2D eigenvalue weighted by atomic mass is 9.84. The standard InChI is InChI=1S/C14H30N2/c1-7-15-9-8-10-16(12(2)3)13(11-15)14(4,5)6/h12-13H,7-11H2,1-6H3/t13-/m0/s1. The van der Waals surface area contributed by atoms with Crippen LogP contribution in [0, 0.1) is 5.41 Å². The van der Waals surface area contributed by atoms with Gasteiger partial charge in [0.1, 0.15) is 0 Å². The van der Waals surface area contributed by atoms with E-state index in [0.717, 1.165) is 0 Å². The quantitative estimate of drug-likeness (QED) is 0.714. The fraction of sp³-hybridized carbons (Fsp3) is 1.00. The Balaban J connectivity index is 2.83. The van der Waals surface area contributed by atoms with E-state index in [-0.39, 0.29) is 0 Å². The van der Waals surface area contributed by atoms with Gasteiger partial charge in [0, 0.05) is 18.6 Å². The lowest BCUT2D eigenvalue weighted by Gasteiger charge is -2.42. The lowest BCUT2D eigenvalue weighted by Crippen LogP contribution is -2.51. The maximum absolute atomic E-state index is 2.70. The minimum Gasteiger partial charge on any atom is -0.302 e. The largest absolute Gasteiger partial charge is 0.302 e. The zero-order chi connectivity index (χ0) is 12.3. The van der Waals surface area contributed by atoms with Crippen molar-refractivity contribution in [3.05, 3.63) is 0 Å². The summed E-state index contributed by atoms with van der Waals surface area (Å²) in [5.74, 6) is 0. The lowest BCUT2D eigenvalue weighted by molar-refractivity contribution is 0.0640. The van der Waals surface area contributed by atoms with Crippen LogP contribution >= 0.6 is 0 Å². The van der Waals surface area contributed by atoms with Gasteiger partial charge >= 0.3 is 0 Å². The Morgan fingerprint density at radius 2 is 1.81 bits per heavy atom. The van der Waals surface area contributed by atoms with Gasteiger partial charge in [0.25, 0.3) is 0 Å². The van der Waals surface area contributed by atoms with Crippen molar-refractivity contribution in [2.24, 2.45) is 5.41 Å². The highest BCUT2D eigenvalue weighted by Gasteiger charge is 2.34. The van der Waals surface area contributed by atoms with Gasteiger partial charge in [-0.2, -0.15) is 0 Å². The summed E-state index contributed by atoms with van der Waals surface area (Å²) >= 11 is 0. The Hall–Kier alpha value is -0.0800. The van der Waals surface area contributed by atoms with Crippen LogP contribution in [0.4, 0.5) is 0 Å². The molecule has 0 aromatic carbocycles. The molecule has 16 heavy (non-hydrogen) atoms. The van der Waals surface area contributed by atoms with Crippen LogP contribution in [-0.4, -0.2) is 48.1 Å². The number of hydrogen-bond donors (Lipinski definition) is 0. The fourth-order valence-corrected chi connectivity index (χ4v) is 2.75. The van der Waals surface area contributed by atoms with Crippen LogP contribution in [0.5, 0.6) is 0 Å². The Bertz CT molecular complexity index is 205. The first-order chi connectivity index (χ1) is 7.36. The molecule has 0 bridgehead atoms. The number of nitrogens with zero attached hydrogens (tertiary/aromatic N) is 2. The predicted octanol–water partition coefficient (Wildman–Crippen LogP) is 2.84. The third-order valence-electron chi connectivity index (χ3n) is 3.83. The molecule has 0 N–H and O–H groups in total. The Morgan fingerprint density at radius 1 is 1.19 bits per heavy atom. The zero-order valence-corrected chi connectivity index (χ0v) is 12.1. The molecule has 1 aliphatic rings. The number of rotatable bonds is 2. The van der Waals surface area contributed by atoms with E-state index in [1.54, 1.807) is 0 Å². The monoisotopic (exact) mass is 226 g/mol. The molecule has 1 rings (SSSR count). The van der Waals surface area contributed by atoms with Crippen molar-refractivity contribution >= 4 is 0 Å². The highest BCUT2D eigenvalue weighted by molar-refractivity contribution is 4.89. The van der Waals surface area contributed by atoms with Crippen molar-refractivity contribution in [1.82, 2.24) is 9.80 Å². The Labute approximate surface area is 102 Å². The van der Waals surface area contributed by atoms with Crippen LogP contribution in [-0.2, 0) is 0 Å². The van der Waals surface area contributed by atoms with E-state index in [4.69, 9.17) is 0 Å². The van der Waals surface area contributed by atoms with Gasteiger partial charge in [0.2, 0.25) is 0 Å². The topological polar surface area (TPSA) is 6.48 Å². The molecule has 1 aliphatic heterocycles. The SMILES string of the molecule is CCN1CCCN(C(C)C)[C@H](C(C)(C)C)C1. The van der Waals surface area contributed by atoms with Gasteiger partial charge in [-0.15, -0.1) is 0 Å². The van der Waals surface area contributed by atoms with E-state index >= 15 is 0 Å². The molecule has 0 saturated carbocycles. The minimum atomic E-state index is 0.377. The van der Waals surface area contributed by atoms with Gasteiger partial charge in [0.15, 0.2) is 0 Å². The molecule has 2 nitrogen and oxygen atoms in total. The third-order valence-corrected chi connectivity index (χ3v) is 3.83. The molecule has 1 saturated heterocycles. The Morgan fingerprint density at radius 3 is 2.25 bits per heavy atom. The van der Waals surface area contributed by atoms with Gasteiger partial charge in [-0.1, -0.05) is 27.7 Å². The van der Waals surface area contributed by atoms with Gasteiger partial charge in [0.05, 0.1) is 0 Å². The van der Waals surface area contributed by atoms with Gasteiger partial charge in [-0.25, -0.2) is 0 Å². The average Bonchev–Trinajstić information content (AvgIpc) is 2.38. The molecule has 0 radical (unpaired) electrons. The molecule has 0 aromatic rings. The molecule has 0 spiro atoms. The Kier molecular flexibility index (Phi) is 4.81. The second-order valence-corrected chi connectivity index (χ2v) is 6.46. The van der Waals surface area contributed by atoms with Gasteiger partial charge in [-0.05, 0) is 45.3 Å². The minimum absolute atomic E-state index is 0.377. The summed E-state index contributed by atoms with van der Waals surface area (Å²) in [5, 5.41) is 0. The molecular weight excluding hydrogens is 196 g/mol. The molecule has 96 valence electrons. The molecule has 1 heterocycles. The normalized spacial score (nSPS) is 26.1. The molecule has 0 unspecified atom stereocenters. The number of hydrogen-bond acceptors (Lipinski definition) is 2. The van der Waals surface area contributed by atoms with Gasteiger partial charge < -0.3 is 4.90 Å². The second kappa shape index (κ2) is 5.50. The van der Waals surface area contributed by atoms with Crippen molar-refractivity contribution in [3.8, 4) is 0 Å². The summed E-state index contributed by atoms with van der Waals surface area (Å²) in [7, 11) is 0. The maximum Gasteiger partial charge on any atom is 0.0274 e. The first kappa shape index (κ1) is 14.0. The highest BCUT2D eigenvalue weighted by atomic mass is 15.3. The van der Waals surface area contributed by atoms with Crippen LogP contribution in [0.15, 0.2) is 0 Å². The van der Waals surface area contributed by atoms with Crippen molar-refractivity contribution in [2.75, 3.05) is 26.2 Å². The van der Waals surface area contributed by atoms with Crippen molar-refractivity contribution < 1.29 is 0 Å². The van der Waals surface area contributed by atoms with Crippen molar-refractivity contribution in [3.63, 3.8) is 0 Å². The molecular formula is C14H30N2. The fourth-order valence-electron chi connectivity index (χ4n) is 2.75. The van der Waals surface area contributed by atoms with E-state index in [2.05, 4.69) is 51.3 Å². The molecule has 1 fully saturated rings. The van der Waals surface area contributed by atoms with Crippen LogP contribution in [0.25, 0.3) is 0 Å². The summed E-state index contributed by atoms with van der Waals surface area (Å²) in [6, 6.07) is 1.36. The molecule has 2 heteroatoms. The van der Waals surface area contributed by atoms with E-state index in [1.165, 1.54) is 32.6 Å². The van der Waals surface area contributed by atoms with Crippen molar-refractivity contribution in [2.45, 2.75) is 60.0 Å². The summed E-state index contributed by atoms with van der Waals surface area (Å²) in [6.07, 6.45) is 1.32. The van der Waals surface area contributed by atoms with E-state index in [1.807, 2.05) is 0 Å². The maximum atomic E-state index is 2.70. The summed E-state index contributed by atoms with van der Waals surface area (Å²) < 4.78 is 0. The molecule has 0 aromatic heterocycles. The van der Waals surface area contributed by atoms with Gasteiger partial charge in [-0.3, -0.25) is 4.90 Å². The highest BCUT2D eigenvalue weighted by Crippen LogP contribution is 2.28. The first-order valence-corrected chi connectivity index (χ1v) is 6.84. The summed E-state index contributed by atoms with van der Waals surface area (Å²) in [5.41, 5.74) is 0.377. The van der Waals surface area contributed by atoms with Crippen molar-refractivity contribution in [1.29, 1.82) is 0 Å². The van der Waals surface area contributed by atoms with Crippen LogP contribution < -0.4 is 0 Å². The van der Waals surface area contributed by atoms with Crippen LogP contribution in [0.1, 0.15) is 48.0 Å². The second-order valence-electron chi connectivity index (χ2n) is 6.46. The van der Waals surface area contributed by atoms with Crippen LogP contribution in [0.3, 0.4) is 0 Å². The van der Waals surface area contributed by atoms with E-state index < -0.39 is 0 Å². The first-order valence-electron chi connectivity index (χ1n) is 6.84. The van der Waals surface area contributed by atoms with E-state index in [9.17, 15) is 0 Å². The summed E-state index contributed by atoms with van der Waals surface area (Å²) in [4.78, 5) is 5.31. The van der Waals surface area contributed by atoms with Crippen LogP contribution in [0.2, 0.25) is 0 Å². The smallest absolute Gasteiger partial charge is 0.0274 e. The molecule has 0 amide bonds. The number of likely N-dealkylation sites (N-methyl/N-ethyl adjacent to an activating group) is 1. The van der Waals surface area contributed by atoms with E-state index in [0.29, 0.717) is 17.5 Å². The average molecular weight is 226 g/mol. The molecule has 1 atom stereocenters.